The van der Waals surface area contributed by atoms with Gasteiger partial charge in [0.15, 0.2) is 0 Å². The summed E-state index contributed by atoms with van der Waals surface area (Å²) in [5, 5.41) is 0.577. The number of hydrogen-bond donors (Lipinski definition) is 0. The Hall–Kier alpha value is -0.643. The fourth-order valence-electron chi connectivity index (χ4n) is 2.97. The van der Waals surface area contributed by atoms with Gasteiger partial charge in [0.1, 0.15) is 0 Å². The molecule has 0 bridgehead atoms. The summed E-state index contributed by atoms with van der Waals surface area (Å²) in [4.78, 5) is 2.81. The van der Waals surface area contributed by atoms with Crippen molar-refractivity contribution in [2.24, 2.45) is 0 Å². The molecule has 0 heterocycles. The van der Waals surface area contributed by atoms with Crippen LogP contribution in [0, 0.1) is 0 Å². The topological polar surface area (TPSA) is 0 Å². The maximum atomic E-state index is 2.55. The molecule has 0 nitrogen and oxygen atoms in total. The molecular formula is C19H24S2Si. The van der Waals surface area contributed by atoms with E-state index >= 15 is 0 Å². The third kappa shape index (κ3) is 3.47. The van der Waals surface area contributed by atoms with E-state index in [2.05, 4.69) is 104 Å². The molecule has 0 unspecified atom stereocenters. The molecule has 1 aliphatic carbocycles. The highest BCUT2D eigenvalue weighted by molar-refractivity contribution is 8.17. The van der Waals surface area contributed by atoms with Crippen LogP contribution in [0.4, 0.5) is 0 Å². The van der Waals surface area contributed by atoms with Gasteiger partial charge >= 0.3 is 0 Å². The fraction of sp³-hybridized carbons (Fsp3) is 0.368. The minimum absolute atomic E-state index is 0.577. The molecule has 0 atom stereocenters. The largest absolute Gasteiger partial charge is 0.111 e. The molecule has 0 N–H and O–H groups in total. The van der Waals surface area contributed by atoms with Crippen LogP contribution in [0.15, 0.2) is 70.5 Å². The van der Waals surface area contributed by atoms with Gasteiger partial charge in [0.2, 0.25) is 0 Å². The molecule has 0 amide bonds. The molecule has 2 aromatic rings. The minimum atomic E-state index is -1.19. The maximum absolute atomic E-state index is 2.55. The lowest BCUT2D eigenvalue weighted by atomic mass is 10.4. The molecule has 3 heteroatoms. The summed E-state index contributed by atoms with van der Waals surface area (Å²) in [6, 6.07) is 21.8. The average Bonchev–Trinajstić information content (AvgIpc) is 3.30. The fourth-order valence-corrected chi connectivity index (χ4v) is 10.7. The van der Waals surface area contributed by atoms with E-state index in [-0.39, 0.29) is 0 Å². The highest BCUT2D eigenvalue weighted by Crippen LogP contribution is 2.70. The summed E-state index contributed by atoms with van der Waals surface area (Å²) in [6.07, 6.45) is 2.82. The van der Waals surface area contributed by atoms with E-state index < -0.39 is 8.07 Å². The van der Waals surface area contributed by atoms with Gasteiger partial charge in [0, 0.05) is 9.79 Å². The van der Waals surface area contributed by atoms with Crippen molar-refractivity contribution in [2.45, 2.75) is 51.9 Å². The van der Waals surface area contributed by atoms with Crippen LogP contribution in [0.5, 0.6) is 0 Å². The predicted molar refractivity (Wildman–Crippen MR) is 104 cm³/mol. The monoisotopic (exact) mass is 344 g/mol. The van der Waals surface area contributed by atoms with E-state index in [0.29, 0.717) is 9.62 Å². The Labute approximate surface area is 144 Å². The van der Waals surface area contributed by atoms with E-state index in [4.69, 9.17) is 0 Å². The first-order valence-corrected chi connectivity index (χ1v) is 13.2. The molecule has 0 saturated heterocycles. The normalized spacial score (nSPS) is 16.7. The Kier molecular flexibility index (Phi) is 4.76. The number of benzene rings is 2. The lowest BCUT2D eigenvalue weighted by Crippen LogP contribution is -2.35. The van der Waals surface area contributed by atoms with Crippen molar-refractivity contribution >= 4 is 31.6 Å². The smallest absolute Gasteiger partial charge is 0.0629 e. The van der Waals surface area contributed by atoms with Crippen LogP contribution in [0.2, 0.25) is 24.7 Å². The molecule has 1 saturated carbocycles. The van der Waals surface area contributed by atoms with Gasteiger partial charge in [-0.2, -0.15) is 0 Å². The third-order valence-electron chi connectivity index (χ3n) is 4.71. The zero-order chi connectivity index (χ0) is 15.6. The van der Waals surface area contributed by atoms with Gasteiger partial charge < -0.3 is 0 Å². The SMILES string of the molecule is C[Si](C)(C)C1(C(Sc2ccccc2)Sc2ccccc2)CC1. The van der Waals surface area contributed by atoms with Crippen molar-refractivity contribution in [3.8, 4) is 0 Å². The summed E-state index contributed by atoms with van der Waals surface area (Å²) in [5.41, 5.74) is 0. The van der Waals surface area contributed by atoms with E-state index in [0.717, 1.165) is 0 Å². The zero-order valence-corrected chi connectivity index (χ0v) is 16.2. The van der Waals surface area contributed by atoms with Crippen LogP contribution in [0.3, 0.4) is 0 Å². The van der Waals surface area contributed by atoms with Gasteiger partial charge in [-0.15, -0.1) is 23.5 Å². The van der Waals surface area contributed by atoms with Crippen LogP contribution >= 0.6 is 23.5 Å². The number of thioether (sulfide) groups is 2. The van der Waals surface area contributed by atoms with Crippen molar-refractivity contribution in [1.82, 2.24) is 0 Å². The Bertz CT molecular complexity index is 559. The maximum Gasteiger partial charge on any atom is 0.0629 e. The summed E-state index contributed by atoms with van der Waals surface area (Å²) in [5.74, 6) is 0. The Morgan fingerprint density at radius 2 is 1.18 bits per heavy atom. The minimum Gasteiger partial charge on any atom is -0.111 e. The molecule has 1 aliphatic rings. The molecule has 0 spiro atoms. The van der Waals surface area contributed by atoms with Crippen LogP contribution in [0.25, 0.3) is 0 Å². The van der Waals surface area contributed by atoms with Gasteiger partial charge in [0.05, 0.1) is 12.7 Å². The highest BCUT2D eigenvalue weighted by atomic mass is 32.2. The van der Waals surface area contributed by atoms with Crippen LogP contribution in [0.1, 0.15) is 12.8 Å². The van der Waals surface area contributed by atoms with E-state index in [1.807, 2.05) is 0 Å². The third-order valence-corrected chi connectivity index (χ3v) is 11.9. The van der Waals surface area contributed by atoms with Gasteiger partial charge in [0.25, 0.3) is 0 Å². The Balaban J connectivity index is 1.86. The summed E-state index contributed by atoms with van der Waals surface area (Å²) in [6.45, 7) is 7.64. The summed E-state index contributed by atoms with van der Waals surface area (Å²) >= 11 is 4.16. The molecule has 3 rings (SSSR count). The van der Waals surface area contributed by atoms with Crippen molar-refractivity contribution in [3.63, 3.8) is 0 Å². The quantitative estimate of drug-likeness (QED) is 0.322. The Morgan fingerprint density at radius 1 is 0.773 bits per heavy atom. The molecule has 116 valence electrons. The first kappa shape index (κ1) is 16.2. The van der Waals surface area contributed by atoms with Crippen molar-refractivity contribution in [2.75, 3.05) is 0 Å². The van der Waals surface area contributed by atoms with E-state index in [9.17, 15) is 0 Å². The number of rotatable bonds is 6. The second-order valence-corrected chi connectivity index (χ2v) is 15.3. The summed E-state index contributed by atoms with van der Waals surface area (Å²) < 4.78 is 0.629. The lowest BCUT2D eigenvalue weighted by Gasteiger charge is -2.36. The standard InChI is InChI=1S/C19H24S2Si/c1-22(2,3)19(14-15-19)18(20-16-10-6-4-7-11-16)21-17-12-8-5-9-13-17/h4-13,18H,14-15H2,1-3H3. The van der Waals surface area contributed by atoms with E-state index in [1.54, 1.807) is 0 Å². The van der Waals surface area contributed by atoms with Crippen LogP contribution < -0.4 is 0 Å². The van der Waals surface area contributed by atoms with Crippen LogP contribution in [-0.2, 0) is 0 Å². The van der Waals surface area contributed by atoms with Crippen molar-refractivity contribution in [1.29, 1.82) is 0 Å². The van der Waals surface area contributed by atoms with Gasteiger partial charge in [-0.25, -0.2) is 0 Å². The van der Waals surface area contributed by atoms with Gasteiger partial charge in [-0.3, -0.25) is 0 Å². The molecular weight excluding hydrogens is 320 g/mol. The number of hydrogen-bond acceptors (Lipinski definition) is 2. The highest BCUT2D eigenvalue weighted by Gasteiger charge is 2.58. The predicted octanol–water partition coefficient (Wildman–Crippen LogP) is 6.77. The summed E-state index contributed by atoms with van der Waals surface area (Å²) in [7, 11) is -1.19. The molecule has 22 heavy (non-hydrogen) atoms. The second-order valence-electron chi connectivity index (χ2n) is 7.10. The van der Waals surface area contributed by atoms with Gasteiger partial charge in [-0.05, 0) is 42.1 Å². The molecule has 0 aliphatic heterocycles. The van der Waals surface area contributed by atoms with E-state index in [1.165, 1.54) is 22.6 Å². The Morgan fingerprint density at radius 3 is 1.50 bits per heavy atom. The molecule has 0 aromatic heterocycles. The second kappa shape index (κ2) is 6.46. The van der Waals surface area contributed by atoms with Crippen LogP contribution in [-0.4, -0.2) is 12.7 Å². The molecule has 0 radical (unpaired) electrons. The molecule has 1 fully saturated rings. The molecule has 2 aromatic carbocycles. The lowest BCUT2D eigenvalue weighted by molar-refractivity contribution is 0.920. The zero-order valence-electron chi connectivity index (χ0n) is 13.6. The van der Waals surface area contributed by atoms with Gasteiger partial charge in [-0.1, -0.05) is 56.0 Å². The van der Waals surface area contributed by atoms with Crippen molar-refractivity contribution in [3.05, 3.63) is 60.7 Å². The first-order valence-electron chi connectivity index (χ1n) is 7.95. The average molecular weight is 345 g/mol. The van der Waals surface area contributed by atoms with Crippen molar-refractivity contribution < 1.29 is 0 Å². The first-order chi connectivity index (χ1) is 10.5.